The predicted molar refractivity (Wildman–Crippen MR) is 126 cm³/mol. The van der Waals surface area contributed by atoms with Crippen molar-refractivity contribution in [1.29, 1.82) is 5.41 Å². The summed E-state index contributed by atoms with van der Waals surface area (Å²) in [5, 5.41) is 9.22. The maximum atomic E-state index is 13.7. The average molecular weight is 443 g/mol. The first-order valence-electron chi connectivity index (χ1n) is 10.1. The minimum Gasteiger partial charge on any atom is -0.398 e. The van der Waals surface area contributed by atoms with E-state index in [-0.39, 0.29) is 13.2 Å². The maximum Gasteiger partial charge on any atom is 0.169 e. The van der Waals surface area contributed by atoms with Crippen LogP contribution in [0.15, 0.2) is 40.8 Å². The van der Waals surface area contributed by atoms with E-state index in [2.05, 4.69) is 4.36 Å². The van der Waals surface area contributed by atoms with Crippen LogP contribution in [0.1, 0.15) is 31.4 Å². The molecule has 3 N–H and O–H groups in total. The second-order valence-corrected chi connectivity index (χ2v) is 10.6. The van der Waals surface area contributed by atoms with E-state index in [1.54, 1.807) is 30.7 Å². The van der Waals surface area contributed by atoms with Gasteiger partial charge in [0.25, 0.3) is 0 Å². The van der Waals surface area contributed by atoms with E-state index in [1.807, 2.05) is 6.07 Å². The summed E-state index contributed by atoms with van der Waals surface area (Å²) in [4.78, 5) is 4.90. The van der Waals surface area contributed by atoms with Gasteiger partial charge in [-0.05, 0) is 48.1 Å². The lowest BCUT2D eigenvalue weighted by Crippen LogP contribution is -2.16. The summed E-state index contributed by atoms with van der Waals surface area (Å²) < 4.78 is 36.2. The highest BCUT2D eigenvalue weighted by Crippen LogP contribution is 2.42. The summed E-state index contributed by atoms with van der Waals surface area (Å²) in [5.74, 6) is 0.180. The number of hydrogen-bond acceptors (Lipinski definition) is 6. The molecule has 2 heterocycles. The first kappa shape index (κ1) is 21.4. The fraction of sp³-hybridized carbons (Fsp3) is 0.304. The molecular weight excluding hydrogens is 415 g/mol. The van der Waals surface area contributed by atoms with Crippen LogP contribution in [-0.2, 0) is 14.5 Å². The van der Waals surface area contributed by atoms with Crippen molar-refractivity contribution in [1.82, 2.24) is 4.98 Å². The lowest BCUT2D eigenvalue weighted by molar-refractivity contribution is 0.0847. The fourth-order valence-corrected chi connectivity index (χ4v) is 4.54. The highest BCUT2D eigenvalue weighted by Gasteiger charge is 2.25. The molecule has 0 spiro atoms. The number of anilines is 1. The molecule has 164 valence electrons. The molecule has 0 radical (unpaired) electrons. The van der Waals surface area contributed by atoms with E-state index >= 15 is 0 Å². The van der Waals surface area contributed by atoms with E-state index in [1.165, 1.54) is 18.3 Å². The largest absolute Gasteiger partial charge is 0.398 e. The minimum absolute atomic E-state index is 0. The zero-order valence-corrected chi connectivity index (χ0v) is 18.3. The first-order chi connectivity index (χ1) is 14.8. The molecule has 8 heteroatoms. The van der Waals surface area contributed by atoms with Crippen LogP contribution in [0.5, 0.6) is 0 Å². The van der Waals surface area contributed by atoms with Crippen LogP contribution in [0.25, 0.3) is 21.9 Å². The van der Waals surface area contributed by atoms with Gasteiger partial charge in [-0.1, -0.05) is 12.1 Å². The van der Waals surface area contributed by atoms with Crippen molar-refractivity contribution in [3.63, 3.8) is 0 Å². The van der Waals surface area contributed by atoms with Crippen molar-refractivity contribution in [2.45, 2.75) is 18.8 Å². The van der Waals surface area contributed by atoms with Crippen molar-refractivity contribution in [3.8, 4) is 11.1 Å². The molecular formula is C23H27FN4O2S. The summed E-state index contributed by atoms with van der Waals surface area (Å²) in [6.07, 6.45) is 5.94. The molecule has 2 aromatic carbocycles. The third-order valence-electron chi connectivity index (χ3n) is 5.42. The van der Waals surface area contributed by atoms with Gasteiger partial charge in [-0.25, -0.2) is 13.6 Å². The van der Waals surface area contributed by atoms with Crippen molar-refractivity contribution < 1.29 is 14.8 Å². The van der Waals surface area contributed by atoms with Gasteiger partial charge in [-0.3, -0.25) is 0 Å². The Morgan fingerprint density at radius 2 is 1.90 bits per heavy atom. The van der Waals surface area contributed by atoms with Crippen molar-refractivity contribution in [3.05, 3.63) is 53.5 Å². The molecule has 3 aromatic rings. The summed E-state index contributed by atoms with van der Waals surface area (Å²) in [6, 6.07) is 9.88. The summed E-state index contributed by atoms with van der Waals surface area (Å²) >= 11 is 0. The van der Waals surface area contributed by atoms with Crippen LogP contribution >= 0.6 is 0 Å². The molecule has 0 amide bonds. The number of nitrogens with zero attached hydrogens (tertiary/aromatic N) is 2. The van der Waals surface area contributed by atoms with E-state index in [9.17, 15) is 8.60 Å². The van der Waals surface area contributed by atoms with Crippen LogP contribution in [0.2, 0.25) is 0 Å². The third kappa shape index (κ3) is 4.45. The molecule has 1 aliphatic rings. The first-order valence-corrected chi connectivity index (χ1v) is 12.4. The molecule has 0 atom stereocenters. The number of hydrogen-bond donors (Lipinski definition) is 2. The number of rotatable bonds is 4. The van der Waals surface area contributed by atoms with Gasteiger partial charge >= 0.3 is 0 Å². The average Bonchev–Trinajstić information content (AvgIpc) is 2.74. The Kier molecular flexibility index (Phi) is 5.77. The fourth-order valence-electron chi connectivity index (χ4n) is 3.98. The Labute approximate surface area is 182 Å². The molecule has 0 aliphatic carbocycles. The molecule has 1 aromatic heterocycles. The van der Waals surface area contributed by atoms with Gasteiger partial charge in [-0.2, -0.15) is 4.36 Å². The third-order valence-corrected chi connectivity index (χ3v) is 6.03. The quantitative estimate of drug-likeness (QED) is 0.432. The standard InChI is InChI=1S/C23H25FN4O2S.H2/c1-31(2,29)28-23-19-12-20(26)16(13-25)11-18(19)21(14-3-5-17(24)6-4-14)22(27-23)15-7-9-30-10-8-15;/h3-6,11-13,15,25H,7-10,26H2,1-2H3;1H. The number of pyridine rings is 1. The van der Waals surface area contributed by atoms with Crippen LogP contribution in [0, 0.1) is 11.2 Å². The number of halogens is 1. The van der Waals surface area contributed by atoms with Gasteiger partial charge in [0.1, 0.15) is 5.82 Å². The van der Waals surface area contributed by atoms with Crippen LogP contribution < -0.4 is 5.73 Å². The van der Waals surface area contributed by atoms with Gasteiger partial charge in [-0.15, -0.1) is 0 Å². The number of nitrogen functional groups attached to an aromatic ring is 1. The van der Waals surface area contributed by atoms with E-state index in [4.69, 9.17) is 20.9 Å². The lowest BCUT2D eigenvalue weighted by atomic mass is 9.86. The smallest absolute Gasteiger partial charge is 0.169 e. The van der Waals surface area contributed by atoms with Crippen molar-refractivity contribution in [2.75, 3.05) is 31.5 Å². The number of benzene rings is 2. The second kappa shape index (κ2) is 8.36. The SMILES string of the molecule is CS(C)(=O)=Nc1nc(C2CCOCC2)c(-c2ccc(F)cc2)c2cc(C=N)c(N)cc12.[HH]. The number of nitrogens with one attached hydrogen (secondary N) is 1. The zero-order chi connectivity index (χ0) is 22.2. The molecule has 1 aliphatic heterocycles. The summed E-state index contributed by atoms with van der Waals surface area (Å²) in [7, 11) is -2.48. The molecule has 4 rings (SSSR count). The van der Waals surface area contributed by atoms with E-state index in [0.29, 0.717) is 35.7 Å². The molecule has 0 saturated carbocycles. The Morgan fingerprint density at radius 1 is 1.23 bits per heavy atom. The van der Waals surface area contributed by atoms with Gasteiger partial charge in [0.05, 0.1) is 5.69 Å². The highest BCUT2D eigenvalue weighted by atomic mass is 32.2. The van der Waals surface area contributed by atoms with Gasteiger partial charge in [0.15, 0.2) is 5.82 Å². The van der Waals surface area contributed by atoms with Gasteiger partial charge in [0, 0.05) is 71.2 Å². The van der Waals surface area contributed by atoms with Crippen LogP contribution in [0.4, 0.5) is 15.9 Å². The Balaban J connectivity index is 0.00000289. The van der Waals surface area contributed by atoms with Crippen LogP contribution in [0.3, 0.4) is 0 Å². The molecule has 0 bridgehead atoms. The van der Waals surface area contributed by atoms with E-state index in [0.717, 1.165) is 35.0 Å². The highest BCUT2D eigenvalue weighted by molar-refractivity contribution is 7.92. The number of aromatic nitrogens is 1. The molecule has 1 fully saturated rings. The molecule has 6 nitrogen and oxygen atoms in total. The van der Waals surface area contributed by atoms with Crippen molar-refractivity contribution in [2.24, 2.45) is 4.36 Å². The number of nitrogens with two attached hydrogens (primary N) is 1. The number of fused-ring (bicyclic) bond motifs is 1. The monoisotopic (exact) mass is 442 g/mol. The zero-order valence-electron chi connectivity index (χ0n) is 17.5. The topological polar surface area (TPSA) is 101 Å². The normalized spacial score (nSPS) is 15.2. The molecule has 1 saturated heterocycles. The van der Waals surface area contributed by atoms with Gasteiger partial charge in [0.2, 0.25) is 0 Å². The minimum atomic E-state index is -2.48. The van der Waals surface area contributed by atoms with E-state index < -0.39 is 9.73 Å². The predicted octanol–water partition coefficient (Wildman–Crippen LogP) is 5.12. The maximum absolute atomic E-state index is 13.7. The van der Waals surface area contributed by atoms with Crippen LogP contribution in [-0.4, -0.2) is 41.1 Å². The Morgan fingerprint density at radius 3 is 2.52 bits per heavy atom. The Bertz CT molecular complexity index is 1270. The van der Waals surface area contributed by atoms with Gasteiger partial charge < -0.3 is 15.9 Å². The summed E-state index contributed by atoms with van der Waals surface area (Å²) in [5.41, 5.74) is 9.66. The van der Waals surface area contributed by atoms with Crippen molar-refractivity contribution >= 4 is 38.2 Å². The second-order valence-electron chi connectivity index (χ2n) is 8.03. The molecule has 0 unspecified atom stereocenters. The Hall–Kier alpha value is -2.84. The summed E-state index contributed by atoms with van der Waals surface area (Å²) in [6.45, 7) is 1.26. The molecule has 31 heavy (non-hydrogen) atoms. The number of ether oxygens (including phenoxy) is 1. The lowest BCUT2D eigenvalue weighted by Gasteiger charge is -2.25.